The zero-order valence-corrected chi connectivity index (χ0v) is 15.9. The molecule has 0 amide bonds. The normalized spacial score (nSPS) is 23.0. The number of ether oxygens (including phenoxy) is 2. The molecule has 26 heavy (non-hydrogen) atoms. The Labute approximate surface area is 154 Å². The molecule has 0 fully saturated rings. The van der Waals surface area contributed by atoms with Crippen molar-refractivity contribution in [3.63, 3.8) is 0 Å². The van der Waals surface area contributed by atoms with E-state index in [0.29, 0.717) is 6.54 Å². The molecule has 2 heterocycles. The summed E-state index contributed by atoms with van der Waals surface area (Å²) in [5.74, 6) is -0.936. The second-order valence-corrected chi connectivity index (χ2v) is 6.31. The van der Waals surface area contributed by atoms with E-state index in [1.54, 1.807) is 9.80 Å². The fourth-order valence-corrected chi connectivity index (χ4v) is 2.73. The summed E-state index contributed by atoms with van der Waals surface area (Å²) in [7, 11) is 3.65. The highest BCUT2D eigenvalue weighted by atomic mass is 16.6. The summed E-state index contributed by atoms with van der Waals surface area (Å²) in [5, 5.41) is 0. The van der Waals surface area contributed by atoms with Gasteiger partial charge in [-0.15, -0.1) is 0 Å². The molecule has 2 rings (SSSR count). The Hall–Kier alpha value is -2.42. The van der Waals surface area contributed by atoms with Gasteiger partial charge in [0.05, 0.1) is 0 Å². The molecular weight excluding hydrogens is 338 g/mol. The van der Waals surface area contributed by atoms with Crippen molar-refractivity contribution in [1.29, 1.82) is 0 Å². The number of nitrogens with two attached hydrogens (primary N) is 1. The van der Waals surface area contributed by atoms with Crippen LogP contribution in [0.4, 0.5) is 0 Å². The van der Waals surface area contributed by atoms with Gasteiger partial charge in [0.15, 0.2) is 0 Å². The summed E-state index contributed by atoms with van der Waals surface area (Å²) in [6.45, 7) is 5.37. The third kappa shape index (κ3) is 4.60. The highest BCUT2D eigenvalue weighted by molar-refractivity contribution is 5.77. The Balaban J connectivity index is 1.76. The molecule has 0 saturated carbocycles. The van der Waals surface area contributed by atoms with Gasteiger partial charge in [0, 0.05) is 58.4 Å². The zero-order chi connectivity index (χ0) is 19.3. The first-order valence-corrected chi connectivity index (χ1v) is 8.85. The van der Waals surface area contributed by atoms with Crippen LogP contribution in [-0.2, 0) is 19.1 Å². The van der Waals surface area contributed by atoms with Crippen LogP contribution in [0.3, 0.4) is 0 Å². The van der Waals surface area contributed by atoms with E-state index in [2.05, 4.69) is 0 Å². The fraction of sp³-hybridized carbons (Fsp3) is 0.647. The molecule has 0 spiro atoms. The molecule has 0 saturated heterocycles. The lowest BCUT2D eigenvalue weighted by Crippen LogP contribution is -2.44. The molecule has 2 aliphatic rings. The van der Waals surface area contributed by atoms with Crippen molar-refractivity contribution in [2.75, 3.05) is 27.2 Å². The smallest absolute Gasteiger partial charge is 0.326 e. The number of esters is 2. The molecule has 3 atom stereocenters. The van der Waals surface area contributed by atoms with E-state index in [9.17, 15) is 9.59 Å². The van der Waals surface area contributed by atoms with Crippen LogP contribution < -0.4 is 5.73 Å². The molecule has 146 valence electrons. The summed E-state index contributed by atoms with van der Waals surface area (Å²) in [6.07, 6.45) is 6.66. The van der Waals surface area contributed by atoms with Gasteiger partial charge in [0.2, 0.25) is 0 Å². The first-order valence-electron chi connectivity index (χ1n) is 8.85. The average Bonchev–Trinajstić information content (AvgIpc) is 3.15. The molecule has 0 aromatic rings. The molecule has 9 heteroatoms. The van der Waals surface area contributed by atoms with Gasteiger partial charge in [-0.25, -0.2) is 0 Å². The predicted octanol–water partition coefficient (Wildman–Crippen LogP) is 0.225. The monoisotopic (exact) mass is 367 g/mol. The fourth-order valence-electron chi connectivity index (χ4n) is 2.73. The summed E-state index contributed by atoms with van der Waals surface area (Å²) >= 11 is 0. The topological polar surface area (TPSA) is 91.6 Å². The van der Waals surface area contributed by atoms with E-state index in [0.717, 1.165) is 6.54 Å². The largest absolute Gasteiger partial charge is 0.422 e. The lowest BCUT2D eigenvalue weighted by atomic mass is 10.2. The van der Waals surface area contributed by atoms with E-state index in [1.165, 1.54) is 0 Å². The Morgan fingerprint density at radius 3 is 1.96 bits per heavy atom. The van der Waals surface area contributed by atoms with Gasteiger partial charge >= 0.3 is 11.9 Å². The van der Waals surface area contributed by atoms with Gasteiger partial charge in [-0.1, -0.05) is 0 Å². The predicted molar refractivity (Wildman–Crippen MR) is 95.5 cm³/mol. The van der Waals surface area contributed by atoms with Gasteiger partial charge in [0.1, 0.15) is 6.04 Å². The highest BCUT2D eigenvalue weighted by Gasteiger charge is 2.30. The van der Waals surface area contributed by atoms with E-state index >= 15 is 0 Å². The molecule has 0 radical (unpaired) electrons. The minimum absolute atomic E-state index is 0.0500. The van der Waals surface area contributed by atoms with E-state index in [4.69, 9.17) is 15.2 Å². The summed E-state index contributed by atoms with van der Waals surface area (Å²) in [4.78, 5) is 31.7. The molecule has 2 aliphatic heterocycles. The van der Waals surface area contributed by atoms with Crippen molar-refractivity contribution in [3.05, 3.63) is 24.8 Å². The minimum Gasteiger partial charge on any atom is -0.422 e. The van der Waals surface area contributed by atoms with E-state index < -0.39 is 30.7 Å². The Morgan fingerprint density at radius 1 is 0.962 bits per heavy atom. The van der Waals surface area contributed by atoms with Gasteiger partial charge in [-0.3, -0.25) is 9.59 Å². The maximum Gasteiger partial charge on any atom is 0.326 e. The molecule has 2 unspecified atom stereocenters. The highest BCUT2D eigenvalue weighted by Crippen LogP contribution is 2.17. The zero-order valence-electron chi connectivity index (χ0n) is 15.9. The van der Waals surface area contributed by atoms with Crippen molar-refractivity contribution in [2.24, 2.45) is 5.73 Å². The summed E-state index contributed by atoms with van der Waals surface area (Å²) in [5.41, 5.74) is 5.89. The van der Waals surface area contributed by atoms with Gasteiger partial charge in [0.25, 0.3) is 12.7 Å². The molecular formula is C17H29N5O4. The van der Waals surface area contributed by atoms with Crippen molar-refractivity contribution >= 4 is 11.9 Å². The van der Waals surface area contributed by atoms with E-state index in [-0.39, 0.29) is 12.8 Å². The number of carbonyl (C=O) groups excluding carboxylic acids is 2. The van der Waals surface area contributed by atoms with Crippen molar-refractivity contribution in [2.45, 2.75) is 45.4 Å². The van der Waals surface area contributed by atoms with Crippen LogP contribution in [0.15, 0.2) is 24.8 Å². The third-order valence-corrected chi connectivity index (χ3v) is 4.40. The lowest BCUT2D eigenvalue weighted by Gasteiger charge is -2.30. The van der Waals surface area contributed by atoms with Crippen LogP contribution >= 0.6 is 0 Å². The van der Waals surface area contributed by atoms with Gasteiger partial charge < -0.3 is 34.8 Å². The van der Waals surface area contributed by atoms with Crippen LogP contribution in [-0.4, -0.2) is 77.5 Å². The first-order chi connectivity index (χ1) is 12.4. The quantitative estimate of drug-likeness (QED) is 0.605. The molecule has 9 nitrogen and oxygen atoms in total. The van der Waals surface area contributed by atoms with Crippen LogP contribution in [0.5, 0.6) is 0 Å². The van der Waals surface area contributed by atoms with Gasteiger partial charge in [-0.05, 0) is 20.3 Å². The Bertz CT molecular complexity index is 567. The Kier molecular flexibility index (Phi) is 6.73. The third-order valence-electron chi connectivity index (χ3n) is 4.40. The lowest BCUT2D eigenvalue weighted by molar-refractivity contribution is -0.170. The molecule has 0 aromatic carbocycles. The first kappa shape index (κ1) is 19.9. The average molecular weight is 367 g/mol. The SMILES string of the molecule is CCN1C=CN(C)C1OC(=O)CC[C@H](N)C(=O)OC1N(C)C=CN1CC. The standard InChI is InChI=1S/C17H29N5O4/c1-5-21-11-9-19(3)16(21)25-14(23)8-7-13(18)15(24)26-17-20(4)10-12-22(17)6-2/h9-13,16-17H,5-8,18H2,1-4H3/t13-,16?,17?/m0/s1. The van der Waals surface area contributed by atoms with Crippen molar-refractivity contribution in [1.82, 2.24) is 19.6 Å². The summed E-state index contributed by atoms with van der Waals surface area (Å²) in [6, 6.07) is -0.878. The number of hydrogen-bond acceptors (Lipinski definition) is 9. The van der Waals surface area contributed by atoms with Crippen LogP contribution in [0, 0.1) is 0 Å². The second kappa shape index (κ2) is 8.79. The number of nitrogens with zero attached hydrogens (tertiary/aromatic N) is 4. The van der Waals surface area contributed by atoms with Crippen molar-refractivity contribution in [3.8, 4) is 0 Å². The maximum atomic E-state index is 12.2. The molecule has 0 bridgehead atoms. The molecule has 0 aromatic heterocycles. The number of rotatable bonds is 8. The maximum absolute atomic E-state index is 12.2. The number of carbonyl (C=O) groups is 2. The Morgan fingerprint density at radius 2 is 1.46 bits per heavy atom. The van der Waals surface area contributed by atoms with Crippen LogP contribution in [0.1, 0.15) is 26.7 Å². The van der Waals surface area contributed by atoms with E-state index in [1.807, 2.05) is 62.5 Å². The van der Waals surface area contributed by atoms with Crippen LogP contribution in [0.2, 0.25) is 0 Å². The minimum atomic E-state index is -0.878. The van der Waals surface area contributed by atoms with Gasteiger partial charge in [-0.2, -0.15) is 0 Å². The van der Waals surface area contributed by atoms with Crippen molar-refractivity contribution < 1.29 is 19.1 Å². The second-order valence-electron chi connectivity index (χ2n) is 6.31. The molecule has 2 N–H and O–H groups in total. The van der Waals surface area contributed by atoms with Crippen LogP contribution in [0.25, 0.3) is 0 Å². The molecule has 0 aliphatic carbocycles. The number of hydrogen-bond donors (Lipinski definition) is 1. The summed E-state index contributed by atoms with van der Waals surface area (Å²) < 4.78 is 10.9.